The molecule has 0 fully saturated rings. The predicted octanol–water partition coefficient (Wildman–Crippen LogP) is 3.80. The van der Waals surface area contributed by atoms with Gasteiger partial charge in [0.1, 0.15) is 0 Å². The van der Waals surface area contributed by atoms with Crippen molar-refractivity contribution in [3.63, 3.8) is 0 Å². The molecule has 1 unspecified atom stereocenters. The van der Waals surface area contributed by atoms with Crippen molar-refractivity contribution in [1.29, 1.82) is 0 Å². The number of hydrogen-bond acceptors (Lipinski definition) is 1. The summed E-state index contributed by atoms with van der Waals surface area (Å²) in [7, 11) is 0. The third kappa shape index (κ3) is 4.58. The minimum atomic E-state index is -1.56. The zero-order valence-corrected chi connectivity index (χ0v) is 11.1. The van der Waals surface area contributed by atoms with E-state index in [1.165, 1.54) is 0 Å². The van der Waals surface area contributed by atoms with Crippen LogP contribution in [-0.2, 0) is 0 Å². The molecule has 19 heavy (non-hydrogen) atoms. The van der Waals surface area contributed by atoms with E-state index in [2.05, 4.69) is 12.2 Å². The number of carbonyl (C=O) groups is 1. The van der Waals surface area contributed by atoms with Crippen LogP contribution >= 0.6 is 0 Å². The molecule has 0 saturated carbocycles. The minimum Gasteiger partial charge on any atom is -0.350 e. The Hall–Kier alpha value is -1.52. The Morgan fingerprint density at radius 1 is 1.21 bits per heavy atom. The lowest BCUT2D eigenvalue weighted by atomic mass is 10.1. The number of unbranched alkanes of at least 4 members (excludes halogenated alkanes) is 2. The second-order valence-electron chi connectivity index (χ2n) is 4.62. The highest BCUT2D eigenvalue weighted by Gasteiger charge is 2.16. The molecular formula is C14H18F3NO. The van der Waals surface area contributed by atoms with Crippen LogP contribution in [-0.4, -0.2) is 11.9 Å². The molecule has 1 aromatic rings. The lowest BCUT2D eigenvalue weighted by Gasteiger charge is -2.13. The van der Waals surface area contributed by atoms with Gasteiger partial charge in [-0.25, -0.2) is 13.2 Å². The van der Waals surface area contributed by atoms with Crippen molar-refractivity contribution in [2.75, 3.05) is 0 Å². The van der Waals surface area contributed by atoms with E-state index in [9.17, 15) is 18.0 Å². The molecule has 0 aliphatic carbocycles. The topological polar surface area (TPSA) is 29.1 Å². The van der Waals surface area contributed by atoms with Gasteiger partial charge in [-0.05, 0) is 25.5 Å². The fraction of sp³-hybridized carbons (Fsp3) is 0.500. The zero-order valence-electron chi connectivity index (χ0n) is 11.1. The van der Waals surface area contributed by atoms with Crippen molar-refractivity contribution in [2.45, 2.75) is 45.6 Å². The lowest BCUT2D eigenvalue weighted by Crippen LogP contribution is -2.32. The quantitative estimate of drug-likeness (QED) is 0.620. The zero-order chi connectivity index (χ0) is 14.4. The molecule has 106 valence electrons. The maximum Gasteiger partial charge on any atom is 0.251 e. The van der Waals surface area contributed by atoms with Crippen molar-refractivity contribution >= 4 is 5.91 Å². The molecule has 0 bridgehead atoms. The Balaban J connectivity index is 2.63. The number of nitrogens with one attached hydrogen (secondary N) is 1. The van der Waals surface area contributed by atoms with Crippen LogP contribution in [0.5, 0.6) is 0 Å². The van der Waals surface area contributed by atoms with Crippen LogP contribution < -0.4 is 5.32 Å². The van der Waals surface area contributed by atoms with E-state index >= 15 is 0 Å². The number of halogens is 3. The van der Waals surface area contributed by atoms with E-state index in [1.54, 1.807) is 0 Å². The molecular weight excluding hydrogens is 255 g/mol. The first-order chi connectivity index (χ1) is 8.95. The number of hydrogen-bond donors (Lipinski definition) is 1. The van der Waals surface area contributed by atoms with E-state index in [1.807, 2.05) is 6.92 Å². The van der Waals surface area contributed by atoms with Gasteiger partial charge in [0, 0.05) is 11.6 Å². The molecule has 2 nitrogen and oxygen atoms in total. The summed E-state index contributed by atoms with van der Waals surface area (Å²) >= 11 is 0. The number of amides is 1. The van der Waals surface area contributed by atoms with Crippen LogP contribution in [0.15, 0.2) is 12.1 Å². The van der Waals surface area contributed by atoms with Crippen LogP contribution in [0.4, 0.5) is 13.2 Å². The van der Waals surface area contributed by atoms with Crippen LogP contribution in [0, 0.1) is 17.5 Å². The Kier molecular flexibility index (Phi) is 5.86. The summed E-state index contributed by atoms with van der Waals surface area (Å²) < 4.78 is 38.7. The van der Waals surface area contributed by atoms with Crippen molar-refractivity contribution < 1.29 is 18.0 Å². The smallest absolute Gasteiger partial charge is 0.251 e. The van der Waals surface area contributed by atoms with Crippen LogP contribution in [0.25, 0.3) is 0 Å². The first-order valence-corrected chi connectivity index (χ1v) is 6.41. The van der Waals surface area contributed by atoms with Gasteiger partial charge in [-0.3, -0.25) is 4.79 Å². The Labute approximate surface area is 111 Å². The van der Waals surface area contributed by atoms with E-state index in [0.29, 0.717) is 12.1 Å². The molecule has 5 heteroatoms. The molecule has 0 radical (unpaired) electrons. The van der Waals surface area contributed by atoms with Crippen LogP contribution in [0.1, 0.15) is 49.9 Å². The molecule has 1 atom stereocenters. The highest BCUT2D eigenvalue weighted by Crippen LogP contribution is 2.14. The fourth-order valence-corrected chi connectivity index (χ4v) is 1.77. The van der Waals surface area contributed by atoms with Crippen molar-refractivity contribution in [1.82, 2.24) is 5.32 Å². The average Bonchev–Trinajstić information content (AvgIpc) is 2.35. The van der Waals surface area contributed by atoms with Crippen molar-refractivity contribution in [3.8, 4) is 0 Å². The lowest BCUT2D eigenvalue weighted by molar-refractivity contribution is 0.0936. The third-order valence-corrected chi connectivity index (χ3v) is 2.86. The van der Waals surface area contributed by atoms with Gasteiger partial charge in [-0.2, -0.15) is 0 Å². The number of carbonyl (C=O) groups excluding carboxylic acids is 1. The summed E-state index contributed by atoms with van der Waals surface area (Å²) in [6.07, 6.45) is 3.92. The van der Waals surface area contributed by atoms with Gasteiger partial charge in [0.25, 0.3) is 5.91 Å². The standard InChI is InChI=1S/C14H18F3NO/c1-3-4-5-6-9(2)18-14(19)10-7-11(15)13(17)12(16)8-10/h7-9H,3-6H2,1-2H3,(H,18,19). The summed E-state index contributed by atoms with van der Waals surface area (Å²) in [4.78, 5) is 11.7. The van der Waals surface area contributed by atoms with Crippen LogP contribution in [0.3, 0.4) is 0 Å². The normalized spacial score (nSPS) is 12.3. The molecule has 0 aliphatic heterocycles. The summed E-state index contributed by atoms with van der Waals surface area (Å²) in [5, 5.41) is 2.63. The molecule has 1 amide bonds. The Morgan fingerprint density at radius 3 is 2.32 bits per heavy atom. The monoisotopic (exact) mass is 273 g/mol. The van der Waals surface area contributed by atoms with Crippen molar-refractivity contribution in [2.24, 2.45) is 0 Å². The summed E-state index contributed by atoms with van der Waals surface area (Å²) in [6, 6.07) is 1.31. The first kappa shape index (κ1) is 15.5. The van der Waals surface area contributed by atoms with Gasteiger partial charge in [-0.15, -0.1) is 0 Å². The second kappa shape index (κ2) is 7.16. The molecule has 0 heterocycles. The van der Waals surface area contributed by atoms with Gasteiger partial charge >= 0.3 is 0 Å². The minimum absolute atomic E-state index is 0.0878. The van der Waals surface area contributed by atoms with E-state index in [0.717, 1.165) is 25.7 Å². The Bertz CT molecular complexity index is 425. The van der Waals surface area contributed by atoms with Gasteiger partial charge < -0.3 is 5.32 Å². The van der Waals surface area contributed by atoms with Crippen LogP contribution in [0.2, 0.25) is 0 Å². The second-order valence-corrected chi connectivity index (χ2v) is 4.62. The summed E-state index contributed by atoms with van der Waals surface area (Å²) in [5.74, 6) is -4.87. The van der Waals surface area contributed by atoms with Gasteiger partial charge in [0.15, 0.2) is 17.5 Å². The van der Waals surface area contributed by atoms with E-state index in [-0.39, 0.29) is 11.6 Å². The van der Waals surface area contributed by atoms with Gasteiger partial charge in [0.2, 0.25) is 0 Å². The number of benzene rings is 1. The van der Waals surface area contributed by atoms with Gasteiger partial charge in [0.05, 0.1) is 0 Å². The Morgan fingerprint density at radius 2 is 1.79 bits per heavy atom. The third-order valence-electron chi connectivity index (χ3n) is 2.86. The molecule has 0 spiro atoms. The SMILES string of the molecule is CCCCCC(C)NC(=O)c1cc(F)c(F)c(F)c1. The molecule has 1 rings (SSSR count). The highest BCUT2D eigenvalue weighted by molar-refractivity contribution is 5.94. The fourth-order valence-electron chi connectivity index (χ4n) is 1.77. The highest BCUT2D eigenvalue weighted by atomic mass is 19.2. The maximum absolute atomic E-state index is 13.0. The number of rotatable bonds is 6. The van der Waals surface area contributed by atoms with Crippen molar-refractivity contribution in [3.05, 3.63) is 35.1 Å². The summed E-state index contributed by atoms with van der Waals surface area (Å²) in [5.41, 5.74) is -0.209. The molecule has 0 aliphatic rings. The maximum atomic E-state index is 13.0. The van der Waals surface area contributed by atoms with E-state index in [4.69, 9.17) is 0 Å². The molecule has 0 aromatic heterocycles. The largest absolute Gasteiger partial charge is 0.350 e. The average molecular weight is 273 g/mol. The molecule has 0 saturated heterocycles. The van der Waals surface area contributed by atoms with Gasteiger partial charge in [-0.1, -0.05) is 26.2 Å². The molecule has 1 N–H and O–H groups in total. The van der Waals surface area contributed by atoms with E-state index < -0.39 is 23.4 Å². The molecule has 1 aromatic carbocycles. The predicted molar refractivity (Wildman–Crippen MR) is 67.4 cm³/mol. The summed E-state index contributed by atoms with van der Waals surface area (Å²) in [6.45, 7) is 3.90. The first-order valence-electron chi connectivity index (χ1n) is 6.41.